The number of methoxy groups -OCH3 is 1. The van der Waals surface area contributed by atoms with Crippen molar-refractivity contribution in [2.45, 2.75) is 58.0 Å². The van der Waals surface area contributed by atoms with E-state index in [0.717, 1.165) is 56.9 Å². The summed E-state index contributed by atoms with van der Waals surface area (Å²) in [4.78, 5) is 4.66. The van der Waals surface area contributed by atoms with E-state index in [0.29, 0.717) is 11.3 Å². The Morgan fingerprint density at radius 2 is 2.05 bits per heavy atom. The van der Waals surface area contributed by atoms with E-state index < -0.39 is 0 Å². The van der Waals surface area contributed by atoms with Gasteiger partial charge in [-0.15, -0.1) is 0 Å². The van der Waals surface area contributed by atoms with Gasteiger partial charge < -0.3 is 14.6 Å². The largest absolute Gasteiger partial charge is 0.370 e. The van der Waals surface area contributed by atoms with Gasteiger partial charge in [-0.1, -0.05) is 19.0 Å². The smallest absolute Gasteiger partial charge is 0.227 e. The van der Waals surface area contributed by atoms with Crippen molar-refractivity contribution in [2.75, 3.05) is 20.2 Å². The van der Waals surface area contributed by atoms with E-state index in [9.17, 15) is 0 Å². The van der Waals surface area contributed by atoms with Crippen molar-refractivity contribution in [3.63, 3.8) is 0 Å². The van der Waals surface area contributed by atoms with Gasteiger partial charge in [-0.2, -0.15) is 4.98 Å². The number of aromatic nitrogens is 2. The van der Waals surface area contributed by atoms with Crippen molar-refractivity contribution in [3.8, 4) is 0 Å². The summed E-state index contributed by atoms with van der Waals surface area (Å²) in [5, 5.41) is 7.62. The molecule has 2 fully saturated rings. The molecule has 0 spiro atoms. The van der Waals surface area contributed by atoms with Crippen molar-refractivity contribution in [2.24, 2.45) is 11.3 Å². The molecule has 5 heteroatoms. The highest BCUT2D eigenvalue weighted by molar-refractivity contribution is 5.05. The summed E-state index contributed by atoms with van der Waals surface area (Å²) in [5.74, 6) is 2.14. The third-order valence-electron chi connectivity index (χ3n) is 5.30. The first-order valence-corrected chi connectivity index (χ1v) is 8.12. The molecular formula is C16H27N3O2. The molecule has 0 amide bonds. The normalized spacial score (nSPS) is 27.9. The monoisotopic (exact) mass is 293 g/mol. The quantitative estimate of drug-likeness (QED) is 0.925. The van der Waals surface area contributed by atoms with Gasteiger partial charge in [-0.25, -0.2) is 0 Å². The van der Waals surface area contributed by atoms with Crippen molar-refractivity contribution >= 4 is 0 Å². The Hall–Kier alpha value is -0.940. The topological polar surface area (TPSA) is 60.2 Å². The molecule has 2 aliphatic rings. The Bertz CT molecular complexity index is 468. The molecule has 1 atom stereocenters. The van der Waals surface area contributed by atoms with Gasteiger partial charge in [-0.05, 0) is 56.5 Å². The van der Waals surface area contributed by atoms with Gasteiger partial charge in [0.2, 0.25) is 11.7 Å². The zero-order valence-corrected chi connectivity index (χ0v) is 13.4. The first-order chi connectivity index (χ1) is 10.0. The van der Waals surface area contributed by atoms with Gasteiger partial charge in [0.05, 0.1) is 0 Å². The molecule has 3 rings (SSSR count). The fourth-order valence-electron chi connectivity index (χ4n) is 3.51. The second-order valence-corrected chi connectivity index (χ2v) is 7.44. The molecule has 1 aliphatic heterocycles. The molecule has 118 valence electrons. The maximum atomic E-state index is 5.84. The van der Waals surface area contributed by atoms with Crippen LogP contribution in [0.2, 0.25) is 0 Å². The molecule has 1 N–H and O–H groups in total. The number of hydrogen-bond donors (Lipinski definition) is 1. The maximum Gasteiger partial charge on any atom is 0.227 e. The van der Waals surface area contributed by atoms with Gasteiger partial charge >= 0.3 is 0 Å². The van der Waals surface area contributed by atoms with E-state index in [1.165, 1.54) is 6.42 Å². The Labute approximate surface area is 126 Å². The Morgan fingerprint density at radius 1 is 1.29 bits per heavy atom. The predicted octanol–water partition coefficient (Wildman–Crippen LogP) is 2.66. The van der Waals surface area contributed by atoms with Crippen LogP contribution in [0.4, 0.5) is 0 Å². The van der Waals surface area contributed by atoms with E-state index in [2.05, 4.69) is 29.3 Å². The molecular weight excluding hydrogens is 266 g/mol. The van der Waals surface area contributed by atoms with Gasteiger partial charge in [-0.3, -0.25) is 0 Å². The highest BCUT2D eigenvalue weighted by atomic mass is 16.5. The zero-order valence-electron chi connectivity index (χ0n) is 13.4. The molecule has 1 aromatic heterocycles. The lowest BCUT2D eigenvalue weighted by Crippen LogP contribution is -2.37. The molecule has 1 saturated heterocycles. The highest BCUT2D eigenvalue weighted by Crippen LogP contribution is 2.46. The third-order valence-corrected chi connectivity index (χ3v) is 5.30. The SMILES string of the molecule is COC1(c2noc(CC3CCNC3)n2)CCC(C)(C)CC1. The summed E-state index contributed by atoms with van der Waals surface area (Å²) in [6, 6.07) is 0. The van der Waals surface area contributed by atoms with E-state index in [4.69, 9.17) is 9.26 Å². The number of nitrogens with one attached hydrogen (secondary N) is 1. The summed E-state index contributed by atoms with van der Waals surface area (Å²) in [6.07, 6.45) is 6.29. The van der Waals surface area contributed by atoms with Crippen molar-refractivity contribution in [3.05, 3.63) is 11.7 Å². The molecule has 5 nitrogen and oxygen atoms in total. The molecule has 1 aliphatic carbocycles. The van der Waals surface area contributed by atoms with Crippen LogP contribution in [-0.2, 0) is 16.8 Å². The van der Waals surface area contributed by atoms with Crippen molar-refractivity contribution in [1.82, 2.24) is 15.5 Å². The van der Waals surface area contributed by atoms with Crippen LogP contribution in [0.15, 0.2) is 4.52 Å². The molecule has 0 bridgehead atoms. The maximum absolute atomic E-state index is 5.84. The van der Waals surface area contributed by atoms with Crippen LogP contribution in [0.3, 0.4) is 0 Å². The number of ether oxygens (including phenoxy) is 1. The van der Waals surface area contributed by atoms with Crippen LogP contribution in [0.25, 0.3) is 0 Å². The average molecular weight is 293 g/mol. The lowest BCUT2D eigenvalue weighted by atomic mass is 9.70. The first kappa shape index (κ1) is 15.0. The molecule has 1 unspecified atom stereocenters. The summed E-state index contributed by atoms with van der Waals surface area (Å²) in [6.45, 7) is 6.80. The van der Waals surface area contributed by atoms with E-state index in [1.54, 1.807) is 7.11 Å². The first-order valence-electron chi connectivity index (χ1n) is 8.12. The van der Waals surface area contributed by atoms with E-state index in [-0.39, 0.29) is 5.60 Å². The van der Waals surface area contributed by atoms with Crippen LogP contribution in [0, 0.1) is 11.3 Å². The number of rotatable bonds is 4. The predicted molar refractivity (Wildman–Crippen MR) is 79.9 cm³/mol. The Morgan fingerprint density at radius 3 is 2.67 bits per heavy atom. The minimum Gasteiger partial charge on any atom is -0.370 e. The third kappa shape index (κ3) is 3.14. The zero-order chi connectivity index (χ0) is 14.9. The Balaban J connectivity index is 1.71. The standard InChI is InChI=1S/C16H27N3O2/c1-15(2)5-7-16(20-3,8-6-15)14-18-13(21-19-14)10-12-4-9-17-11-12/h12,17H,4-11H2,1-3H3. The summed E-state index contributed by atoms with van der Waals surface area (Å²) < 4.78 is 11.3. The van der Waals surface area contributed by atoms with Crippen molar-refractivity contribution < 1.29 is 9.26 Å². The van der Waals surface area contributed by atoms with Crippen LogP contribution >= 0.6 is 0 Å². The molecule has 1 aromatic rings. The summed E-state index contributed by atoms with van der Waals surface area (Å²) in [7, 11) is 1.77. The molecule has 1 saturated carbocycles. The molecule has 2 heterocycles. The fraction of sp³-hybridized carbons (Fsp3) is 0.875. The Kier molecular flexibility index (Phi) is 4.06. The van der Waals surface area contributed by atoms with Gasteiger partial charge in [0.1, 0.15) is 5.60 Å². The fourth-order valence-corrected chi connectivity index (χ4v) is 3.51. The molecule has 0 aromatic carbocycles. The van der Waals surface area contributed by atoms with E-state index >= 15 is 0 Å². The van der Waals surface area contributed by atoms with Gasteiger partial charge in [0.15, 0.2) is 0 Å². The van der Waals surface area contributed by atoms with Crippen LogP contribution in [0.5, 0.6) is 0 Å². The number of nitrogens with zero attached hydrogens (tertiary/aromatic N) is 2. The van der Waals surface area contributed by atoms with Crippen LogP contribution < -0.4 is 5.32 Å². The van der Waals surface area contributed by atoms with E-state index in [1.807, 2.05) is 0 Å². The second-order valence-electron chi connectivity index (χ2n) is 7.44. The second kappa shape index (κ2) is 5.69. The lowest BCUT2D eigenvalue weighted by molar-refractivity contribution is -0.0740. The average Bonchev–Trinajstić information content (AvgIpc) is 3.12. The van der Waals surface area contributed by atoms with Gasteiger partial charge in [0, 0.05) is 13.5 Å². The lowest BCUT2D eigenvalue weighted by Gasteiger charge is -2.40. The molecule has 21 heavy (non-hydrogen) atoms. The minimum absolute atomic E-state index is 0.342. The summed E-state index contributed by atoms with van der Waals surface area (Å²) >= 11 is 0. The molecule has 0 radical (unpaired) electrons. The number of hydrogen-bond acceptors (Lipinski definition) is 5. The van der Waals surface area contributed by atoms with Crippen molar-refractivity contribution in [1.29, 1.82) is 0 Å². The van der Waals surface area contributed by atoms with Crippen LogP contribution in [0.1, 0.15) is 57.7 Å². The highest BCUT2D eigenvalue weighted by Gasteiger charge is 2.43. The minimum atomic E-state index is -0.342. The van der Waals surface area contributed by atoms with Gasteiger partial charge in [0.25, 0.3) is 0 Å². The van der Waals surface area contributed by atoms with Crippen LogP contribution in [-0.4, -0.2) is 30.3 Å². The summed E-state index contributed by atoms with van der Waals surface area (Å²) in [5.41, 5.74) is 0.0509.